The molecular formula is C8H14BrN3. The summed E-state index contributed by atoms with van der Waals surface area (Å²) in [4.78, 5) is 4.21. The summed E-state index contributed by atoms with van der Waals surface area (Å²) < 4.78 is 1.94. The lowest BCUT2D eigenvalue weighted by Crippen LogP contribution is -2.09. The van der Waals surface area contributed by atoms with E-state index in [2.05, 4.69) is 39.9 Å². The van der Waals surface area contributed by atoms with Crippen LogP contribution < -0.4 is 0 Å². The van der Waals surface area contributed by atoms with Gasteiger partial charge in [-0.2, -0.15) is 5.10 Å². The molecule has 0 aliphatic heterocycles. The van der Waals surface area contributed by atoms with Crippen LogP contribution in [0.3, 0.4) is 0 Å². The first-order valence-corrected chi connectivity index (χ1v) is 5.32. The average Bonchev–Trinajstić information content (AvgIpc) is 2.51. The molecular weight excluding hydrogens is 218 g/mol. The summed E-state index contributed by atoms with van der Waals surface area (Å²) in [7, 11) is 0. The molecule has 0 saturated carbocycles. The normalized spacial score (nSPS) is 13.2. The number of rotatable bonds is 4. The highest BCUT2D eigenvalue weighted by atomic mass is 79.9. The summed E-state index contributed by atoms with van der Waals surface area (Å²) in [6, 6.07) is 0. The van der Waals surface area contributed by atoms with E-state index < -0.39 is 0 Å². The molecule has 1 aromatic heterocycles. The van der Waals surface area contributed by atoms with Gasteiger partial charge in [0, 0.05) is 18.3 Å². The fourth-order valence-electron chi connectivity index (χ4n) is 1.08. The maximum Gasteiger partial charge on any atom is 0.138 e. The highest BCUT2D eigenvalue weighted by Crippen LogP contribution is 2.07. The molecule has 0 bridgehead atoms. The Morgan fingerprint density at radius 1 is 1.67 bits per heavy atom. The smallest absolute Gasteiger partial charge is 0.138 e. The van der Waals surface area contributed by atoms with Gasteiger partial charge in [0.15, 0.2) is 0 Å². The Kier molecular flexibility index (Phi) is 3.72. The fourth-order valence-corrected chi connectivity index (χ4v) is 1.31. The van der Waals surface area contributed by atoms with Gasteiger partial charge < -0.3 is 0 Å². The van der Waals surface area contributed by atoms with E-state index in [1.165, 1.54) is 0 Å². The van der Waals surface area contributed by atoms with Crippen LogP contribution in [0.5, 0.6) is 0 Å². The minimum absolute atomic E-state index is 0.625. The number of hydrogen-bond donors (Lipinski definition) is 0. The number of aryl methyl sites for hydroxylation is 1. The number of hydrogen-bond acceptors (Lipinski definition) is 2. The number of halogens is 1. The van der Waals surface area contributed by atoms with Crippen molar-refractivity contribution in [2.45, 2.75) is 26.8 Å². The van der Waals surface area contributed by atoms with Crippen molar-refractivity contribution in [3.8, 4) is 0 Å². The van der Waals surface area contributed by atoms with Gasteiger partial charge in [-0.05, 0) is 12.8 Å². The molecule has 0 N–H and O–H groups in total. The second-order valence-corrected chi connectivity index (χ2v) is 3.60. The van der Waals surface area contributed by atoms with E-state index in [4.69, 9.17) is 0 Å². The molecule has 0 aliphatic carbocycles. The Morgan fingerprint density at radius 3 is 3.00 bits per heavy atom. The van der Waals surface area contributed by atoms with Gasteiger partial charge in [0.2, 0.25) is 0 Å². The first-order chi connectivity index (χ1) is 5.77. The Balaban J connectivity index is 2.61. The van der Waals surface area contributed by atoms with Crippen molar-refractivity contribution in [2.24, 2.45) is 5.92 Å². The molecule has 0 fully saturated rings. The molecule has 3 nitrogen and oxygen atoms in total. The lowest BCUT2D eigenvalue weighted by atomic mass is 10.1. The van der Waals surface area contributed by atoms with E-state index in [0.29, 0.717) is 5.92 Å². The largest absolute Gasteiger partial charge is 0.250 e. The van der Waals surface area contributed by atoms with E-state index >= 15 is 0 Å². The van der Waals surface area contributed by atoms with E-state index in [0.717, 1.165) is 24.1 Å². The molecule has 1 rings (SSSR count). The average molecular weight is 232 g/mol. The standard InChI is InChI=1S/C8H14BrN3/c1-3-12-8(10-6-11-12)4-7(2)5-9/h6-7H,3-5H2,1-2H3. The lowest BCUT2D eigenvalue weighted by Gasteiger charge is -2.06. The van der Waals surface area contributed by atoms with Gasteiger partial charge in [-0.1, -0.05) is 22.9 Å². The third kappa shape index (κ3) is 2.30. The Labute approximate surface area is 81.3 Å². The predicted octanol–water partition coefficient (Wildman–Crippen LogP) is 1.87. The van der Waals surface area contributed by atoms with Gasteiger partial charge in [0.05, 0.1) is 0 Å². The van der Waals surface area contributed by atoms with Crippen LogP contribution in [0.15, 0.2) is 6.33 Å². The molecule has 1 atom stereocenters. The summed E-state index contributed by atoms with van der Waals surface area (Å²) in [5.41, 5.74) is 0. The third-order valence-electron chi connectivity index (χ3n) is 1.79. The van der Waals surface area contributed by atoms with E-state index in [9.17, 15) is 0 Å². The maximum absolute atomic E-state index is 4.21. The molecule has 0 aliphatic rings. The van der Waals surface area contributed by atoms with Crippen molar-refractivity contribution >= 4 is 15.9 Å². The molecule has 4 heteroatoms. The summed E-state index contributed by atoms with van der Waals surface area (Å²) >= 11 is 3.45. The highest BCUT2D eigenvalue weighted by Gasteiger charge is 2.06. The monoisotopic (exact) mass is 231 g/mol. The summed E-state index contributed by atoms with van der Waals surface area (Å²) in [6.45, 7) is 5.19. The van der Waals surface area contributed by atoms with Crippen LogP contribution >= 0.6 is 15.9 Å². The topological polar surface area (TPSA) is 30.7 Å². The first kappa shape index (κ1) is 9.71. The fraction of sp³-hybridized carbons (Fsp3) is 0.750. The maximum atomic E-state index is 4.21. The minimum Gasteiger partial charge on any atom is -0.250 e. The van der Waals surface area contributed by atoms with Crippen LogP contribution in [0.25, 0.3) is 0 Å². The highest BCUT2D eigenvalue weighted by molar-refractivity contribution is 9.09. The second kappa shape index (κ2) is 4.60. The zero-order valence-corrected chi connectivity index (χ0v) is 9.08. The van der Waals surface area contributed by atoms with E-state index in [1.807, 2.05) is 4.68 Å². The van der Waals surface area contributed by atoms with Crippen molar-refractivity contribution < 1.29 is 0 Å². The van der Waals surface area contributed by atoms with E-state index in [-0.39, 0.29) is 0 Å². The van der Waals surface area contributed by atoms with Crippen LogP contribution in [0.4, 0.5) is 0 Å². The summed E-state index contributed by atoms with van der Waals surface area (Å²) in [6.07, 6.45) is 2.62. The first-order valence-electron chi connectivity index (χ1n) is 4.20. The Morgan fingerprint density at radius 2 is 2.42 bits per heavy atom. The van der Waals surface area contributed by atoms with Gasteiger partial charge in [-0.25, -0.2) is 4.98 Å². The van der Waals surface area contributed by atoms with Crippen molar-refractivity contribution in [2.75, 3.05) is 5.33 Å². The molecule has 68 valence electrons. The van der Waals surface area contributed by atoms with Gasteiger partial charge in [-0.15, -0.1) is 0 Å². The molecule has 12 heavy (non-hydrogen) atoms. The lowest BCUT2D eigenvalue weighted by molar-refractivity contribution is 0.559. The number of nitrogens with zero attached hydrogens (tertiary/aromatic N) is 3. The number of alkyl halides is 1. The molecule has 0 amide bonds. The van der Waals surface area contributed by atoms with Crippen molar-refractivity contribution in [1.82, 2.24) is 14.8 Å². The van der Waals surface area contributed by atoms with E-state index in [1.54, 1.807) is 6.33 Å². The van der Waals surface area contributed by atoms with Crippen LogP contribution in [0.1, 0.15) is 19.7 Å². The van der Waals surface area contributed by atoms with Crippen LogP contribution in [-0.2, 0) is 13.0 Å². The zero-order valence-electron chi connectivity index (χ0n) is 7.50. The Hall–Kier alpha value is -0.380. The summed E-state index contributed by atoms with van der Waals surface area (Å²) in [5, 5.41) is 5.13. The molecule has 0 saturated heterocycles. The predicted molar refractivity (Wildman–Crippen MR) is 52.4 cm³/mol. The van der Waals surface area contributed by atoms with Crippen LogP contribution in [0, 0.1) is 5.92 Å². The van der Waals surface area contributed by atoms with Gasteiger partial charge in [-0.3, -0.25) is 4.68 Å². The SMILES string of the molecule is CCn1ncnc1CC(C)CBr. The molecule has 1 unspecified atom stereocenters. The van der Waals surface area contributed by atoms with Crippen LogP contribution in [0.2, 0.25) is 0 Å². The molecule has 1 heterocycles. The zero-order chi connectivity index (χ0) is 8.97. The van der Waals surface area contributed by atoms with Crippen molar-refractivity contribution in [1.29, 1.82) is 0 Å². The molecule has 0 radical (unpaired) electrons. The number of aromatic nitrogens is 3. The van der Waals surface area contributed by atoms with Crippen LogP contribution in [-0.4, -0.2) is 20.1 Å². The van der Waals surface area contributed by atoms with Gasteiger partial charge in [0.25, 0.3) is 0 Å². The quantitative estimate of drug-likeness (QED) is 0.742. The van der Waals surface area contributed by atoms with Gasteiger partial charge >= 0.3 is 0 Å². The van der Waals surface area contributed by atoms with Crippen molar-refractivity contribution in [3.05, 3.63) is 12.2 Å². The molecule has 0 aromatic carbocycles. The minimum atomic E-state index is 0.625. The van der Waals surface area contributed by atoms with Crippen molar-refractivity contribution in [3.63, 3.8) is 0 Å². The second-order valence-electron chi connectivity index (χ2n) is 2.96. The Bertz CT molecular complexity index is 234. The summed E-state index contributed by atoms with van der Waals surface area (Å²) in [5.74, 6) is 1.71. The molecule has 1 aromatic rings. The third-order valence-corrected chi connectivity index (χ3v) is 2.90. The molecule has 0 spiro atoms. The van der Waals surface area contributed by atoms with Gasteiger partial charge in [0.1, 0.15) is 12.2 Å².